The zero-order valence-electron chi connectivity index (χ0n) is 11.2. The van der Waals surface area contributed by atoms with Crippen molar-refractivity contribution in [2.24, 2.45) is 0 Å². The number of carboxylic acids is 1. The number of amides is 1. The molecule has 2 rings (SSSR count). The van der Waals surface area contributed by atoms with Crippen molar-refractivity contribution in [3.63, 3.8) is 0 Å². The Morgan fingerprint density at radius 1 is 1.25 bits per heavy atom. The first-order valence-electron chi connectivity index (χ1n) is 6.85. The molecule has 7 nitrogen and oxygen atoms in total. The molecule has 0 aromatic rings. The molecule has 0 aliphatic carbocycles. The monoisotopic (exact) mass is 304 g/mol. The summed E-state index contributed by atoms with van der Waals surface area (Å²) in [6, 6.07) is -0.890. The normalized spacial score (nSPS) is 29.0. The Hall–Kier alpha value is -1.15. The van der Waals surface area contributed by atoms with Gasteiger partial charge in [-0.25, -0.2) is 8.42 Å². The smallest absolute Gasteiger partial charge is 0.323 e. The molecule has 2 fully saturated rings. The summed E-state index contributed by atoms with van der Waals surface area (Å²) in [6.07, 6.45) is 2.93. The van der Waals surface area contributed by atoms with Gasteiger partial charge in [0, 0.05) is 6.04 Å². The van der Waals surface area contributed by atoms with E-state index in [0.717, 1.165) is 19.4 Å². The number of carbonyl (C=O) groups excluding carboxylic acids is 1. The van der Waals surface area contributed by atoms with Gasteiger partial charge in [-0.15, -0.1) is 0 Å². The number of nitrogens with one attached hydrogen (secondary N) is 1. The van der Waals surface area contributed by atoms with E-state index >= 15 is 0 Å². The fourth-order valence-corrected chi connectivity index (χ4v) is 4.55. The summed E-state index contributed by atoms with van der Waals surface area (Å²) >= 11 is 0. The van der Waals surface area contributed by atoms with Crippen LogP contribution in [0.3, 0.4) is 0 Å². The van der Waals surface area contributed by atoms with Crippen LogP contribution >= 0.6 is 0 Å². The van der Waals surface area contributed by atoms with E-state index in [-0.39, 0.29) is 23.5 Å². The van der Waals surface area contributed by atoms with E-state index in [0.29, 0.717) is 12.8 Å². The average molecular weight is 304 g/mol. The number of nitrogens with zero attached hydrogens (tertiary/aromatic N) is 1. The largest absolute Gasteiger partial charge is 0.480 e. The van der Waals surface area contributed by atoms with Crippen molar-refractivity contribution in [3.8, 4) is 0 Å². The molecule has 0 saturated carbocycles. The van der Waals surface area contributed by atoms with Crippen LogP contribution in [-0.4, -0.2) is 67.0 Å². The van der Waals surface area contributed by atoms with Gasteiger partial charge in [0.05, 0.1) is 17.5 Å². The third-order valence-electron chi connectivity index (χ3n) is 3.85. The molecule has 0 aromatic heterocycles. The van der Waals surface area contributed by atoms with Crippen LogP contribution in [0.5, 0.6) is 0 Å². The minimum atomic E-state index is -3.15. The maximum Gasteiger partial charge on any atom is 0.323 e. The highest BCUT2D eigenvalue weighted by atomic mass is 32.2. The number of carbonyl (C=O) groups is 2. The second-order valence-electron chi connectivity index (χ2n) is 5.42. The standard InChI is InChI=1S/C12H20N2O5S/c15-11(16)7-14(9-4-6-20(18,19)8-9)12(17)10-3-1-2-5-13-10/h9-10,13H,1-8H2,(H,15,16)/t9?,10-/m1/s1. The van der Waals surface area contributed by atoms with Crippen molar-refractivity contribution >= 4 is 21.7 Å². The molecule has 2 aliphatic rings. The molecule has 1 unspecified atom stereocenters. The lowest BCUT2D eigenvalue weighted by Gasteiger charge is -2.32. The lowest BCUT2D eigenvalue weighted by Crippen LogP contribution is -2.53. The van der Waals surface area contributed by atoms with Crippen molar-refractivity contribution in [1.82, 2.24) is 10.2 Å². The predicted octanol–water partition coefficient (Wildman–Crippen LogP) is -0.771. The molecule has 0 aromatic carbocycles. The van der Waals surface area contributed by atoms with E-state index in [2.05, 4.69) is 5.32 Å². The van der Waals surface area contributed by atoms with Crippen LogP contribution in [0.1, 0.15) is 25.7 Å². The van der Waals surface area contributed by atoms with Crippen LogP contribution in [0.15, 0.2) is 0 Å². The number of sulfone groups is 1. The van der Waals surface area contributed by atoms with Gasteiger partial charge in [-0.3, -0.25) is 9.59 Å². The van der Waals surface area contributed by atoms with Gasteiger partial charge in [0.1, 0.15) is 6.54 Å². The number of aliphatic carboxylic acids is 1. The minimum absolute atomic E-state index is 0.0269. The van der Waals surface area contributed by atoms with E-state index in [4.69, 9.17) is 5.11 Å². The SMILES string of the molecule is O=C(O)CN(C(=O)[C@H]1CCCCN1)C1CCS(=O)(=O)C1. The number of hydrogen-bond donors (Lipinski definition) is 2. The first-order valence-corrected chi connectivity index (χ1v) is 8.67. The fraction of sp³-hybridized carbons (Fsp3) is 0.833. The Bertz CT molecular complexity index is 484. The maximum atomic E-state index is 12.4. The van der Waals surface area contributed by atoms with Crippen LogP contribution in [0.2, 0.25) is 0 Å². The van der Waals surface area contributed by atoms with Crippen molar-refractivity contribution in [2.75, 3.05) is 24.6 Å². The first-order chi connectivity index (χ1) is 9.39. The van der Waals surface area contributed by atoms with Crippen LogP contribution in [0.4, 0.5) is 0 Å². The lowest BCUT2D eigenvalue weighted by molar-refractivity contribution is -0.147. The van der Waals surface area contributed by atoms with E-state index in [1.165, 1.54) is 4.90 Å². The lowest BCUT2D eigenvalue weighted by atomic mass is 10.0. The van der Waals surface area contributed by atoms with Crippen molar-refractivity contribution in [2.45, 2.75) is 37.8 Å². The summed E-state index contributed by atoms with van der Waals surface area (Å²) in [6.45, 7) is 0.303. The number of piperidine rings is 1. The van der Waals surface area contributed by atoms with Crippen LogP contribution in [0.25, 0.3) is 0 Å². The van der Waals surface area contributed by atoms with E-state index in [1.54, 1.807) is 0 Å². The Kier molecular flexibility index (Phi) is 4.64. The zero-order valence-corrected chi connectivity index (χ0v) is 12.1. The van der Waals surface area contributed by atoms with Gasteiger partial charge in [0.2, 0.25) is 5.91 Å². The molecule has 2 heterocycles. The second kappa shape index (κ2) is 6.09. The number of hydrogen-bond acceptors (Lipinski definition) is 5. The fourth-order valence-electron chi connectivity index (χ4n) is 2.82. The van der Waals surface area contributed by atoms with Gasteiger partial charge in [-0.1, -0.05) is 6.42 Å². The molecule has 8 heteroatoms. The third-order valence-corrected chi connectivity index (χ3v) is 5.60. The number of rotatable bonds is 4. The topological polar surface area (TPSA) is 104 Å². The summed E-state index contributed by atoms with van der Waals surface area (Å²) < 4.78 is 23.1. The van der Waals surface area contributed by atoms with Gasteiger partial charge < -0.3 is 15.3 Å². The average Bonchev–Trinajstić information content (AvgIpc) is 2.76. The maximum absolute atomic E-state index is 12.4. The quantitative estimate of drug-likeness (QED) is 0.707. The van der Waals surface area contributed by atoms with Crippen molar-refractivity contribution in [3.05, 3.63) is 0 Å². The van der Waals surface area contributed by atoms with Crippen LogP contribution in [0, 0.1) is 0 Å². The third kappa shape index (κ3) is 3.69. The van der Waals surface area contributed by atoms with Crippen LogP contribution in [-0.2, 0) is 19.4 Å². The molecule has 2 N–H and O–H groups in total. The van der Waals surface area contributed by atoms with E-state index in [1.807, 2.05) is 0 Å². The highest BCUT2D eigenvalue weighted by Gasteiger charge is 2.38. The van der Waals surface area contributed by atoms with Gasteiger partial charge in [0.15, 0.2) is 9.84 Å². The molecule has 20 heavy (non-hydrogen) atoms. The molecule has 0 bridgehead atoms. The van der Waals surface area contributed by atoms with Gasteiger partial charge in [-0.2, -0.15) is 0 Å². The molecule has 2 atom stereocenters. The number of carboxylic acid groups (broad SMARTS) is 1. The molecular weight excluding hydrogens is 284 g/mol. The highest BCUT2D eigenvalue weighted by Crippen LogP contribution is 2.20. The highest BCUT2D eigenvalue weighted by molar-refractivity contribution is 7.91. The van der Waals surface area contributed by atoms with Gasteiger partial charge in [-0.05, 0) is 25.8 Å². The summed E-state index contributed by atoms with van der Waals surface area (Å²) in [5.41, 5.74) is 0. The molecule has 2 saturated heterocycles. The molecule has 114 valence electrons. The van der Waals surface area contributed by atoms with Crippen LogP contribution < -0.4 is 5.32 Å². The van der Waals surface area contributed by atoms with Gasteiger partial charge in [0.25, 0.3) is 0 Å². The zero-order chi connectivity index (χ0) is 14.8. The Morgan fingerprint density at radius 3 is 2.50 bits per heavy atom. The molecule has 0 spiro atoms. The first kappa shape index (κ1) is 15.2. The van der Waals surface area contributed by atoms with E-state index < -0.39 is 28.4 Å². The predicted molar refractivity (Wildman–Crippen MR) is 72.0 cm³/mol. The Labute approximate surface area is 118 Å². The molecular formula is C12H20N2O5S. The van der Waals surface area contributed by atoms with E-state index in [9.17, 15) is 18.0 Å². The Morgan fingerprint density at radius 2 is 2.00 bits per heavy atom. The summed E-state index contributed by atoms with van der Waals surface area (Å²) in [7, 11) is -3.15. The van der Waals surface area contributed by atoms with Gasteiger partial charge >= 0.3 is 5.97 Å². The van der Waals surface area contributed by atoms with Crippen molar-refractivity contribution in [1.29, 1.82) is 0 Å². The Balaban J connectivity index is 2.10. The molecule has 1 amide bonds. The molecule has 2 aliphatic heterocycles. The second-order valence-corrected chi connectivity index (χ2v) is 7.65. The minimum Gasteiger partial charge on any atom is -0.480 e. The summed E-state index contributed by atoms with van der Waals surface area (Å²) in [4.78, 5) is 24.6. The summed E-state index contributed by atoms with van der Waals surface area (Å²) in [5.74, 6) is -1.49. The molecule has 0 radical (unpaired) electrons. The summed E-state index contributed by atoms with van der Waals surface area (Å²) in [5, 5.41) is 12.0. The van der Waals surface area contributed by atoms with Crippen molar-refractivity contribution < 1.29 is 23.1 Å².